The molecular weight excluding hydrogens is 812 g/mol. The Kier molecular flexibility index (Phi) is 16.4. The van der Waals surface area contributed by atoms with Crippen LogP contribution in [0.15, 0.2) is 150 Å². The van der Waals surface area contributed by atoms with Crippen LogP contribution in [0.5, 0.6) is 11.5 Å². The van der Waals surface area contributed by atoms with E-state index in [1.807, 2.05) is 0 Å². The first-order valence-corrected chi connectivity index (χ1v) is 18.1. The minimum absolute atomic E-state index is 0. The normalized spacial score (nSPS) is 11.7. The number of carboxylic acid groups (broad SMARTS) is 1. The van der Waals surface area contributed by atoms with E-state index in [9.17, 15) is 41.5 Å². The van der Waals surface area contributed by atoms with Crippen molar-refractivity contribution in [3.63, 3.8) is 0 Å². The molecule has 22 heteroatoms. The Bertz CT molecular complexity index is 2770. The maximum Gasteiger partial charge on any atom is 1.00 e. The standard InChI is InChI=1S/C35H25N7O10S2.3Na/c36-33-29(42-39-23-9-12-25(13-10-23)53(47,48)49)18-31(54(50,51)52)26-14-15-28(34(44)32(26)33)41-38-22-7-3-20(4-8-22)19-1-5-21(6-2-19)37-40-24-11-16-30(43)27(17-24)35(45)46;;;/h1-18,43-44H,36H2,(H,45,46)(H,47,48,49)(H,50,51,52);;;/q;3*+1/p-3. The number of azo groups is 3. The number of hydrogen-bond donors (Lipinski definition) is 3. The molecule has 0 fully saturated rings. The first kappa shape index (κ1) is 47.4. The van der Waals surface area contributed by atoms with Gasteiger partial charge in [0.05, 0.1) is 45.0 Å². The number of carbonyl (C=O) groups excluding carboxylic acids is 1. The number of aromatic carboxylic acids is 1. The first-order valence-electron chi connectivity index (χ1n) is 15.2. The van der Waals surface area contributed by atoms with Crippen molar-refractivity contribution in [1.29, 1.82) is 0 Å². The molecular formula is C35H22N7Na3O10S2. The molecule has 0 aliphatic heterocycles. The van der Waals surface area contributed by atoms with Crippen molar-refractivity contribution >= 4 is 76.8 Å². The fraction of sp³-hybridized carbons (Fsp3) is 0. The van der Waals surface area contributed by atoms with E-state index in [2.05, 4.69) is 30.7 Å². The number of nitrogens with zero attached hydrogens (tertiary/aromatic N) is 6. The molecule has 272 valence electrons. The average molecular weight is 834 g/mol. The number of rotatable bonds is 10. The predicted molar refractivity (Wildman–Crippen MR) is 189 cm³/mol. The van der Waals surface area contributed by atoms with Crippen molar-refractivity contribution in [2.75, 3.05) is 5.73 Å². The largest absolute Gasteiger partial charge is 1.00 e. The summed E-state index contributed by atoms with van der Waals surface area (Å²) in [4.78, 5) is 10.0. The molecule has 0 saturated carbocycles. The van der Waals surface area contributed by atoms with Crippen LogP contribution in [-0.4, -0.2) is 31.9 Å². The summed E-state index contributed by atoms with van der Waals surface area (Å²) in [6, 6.07) is 25.1. The summed E-state index contributed by atoms with van der Waals surface area (Å²) < 4.78 is 66.2. The van der Waals surface area contributed by atoms with Gasteiger partial charge in [-0.3, -0.25) is 9.11 Å². The zero-order valence-electron chi connectivity index (χ0n) is 30.1. The second-order valence-electron chi connectivity index (χ2n) is 11.2. The third-order valence-electron chi connectivity index (χ3n) is 7.71. The molecule has 0 unspecified atom stereocenters. The Morgan fingerprint density at radius 3 is 1.51 bits per heavy atom. The zero-order valence-corrected chi connectivity index (χ0v) is 37.8. The van der Waals surface area contributed by atoms with Gasteiger partial charge in [0, 0.05) is 10.8 Å². The van der Waals surface area contributed by atoms with Gasteiger partial charge in [-0.15, -0.1) is 5.11 Å². The number of hydrogen-bond acceptors (Lipinski definition) is 15. The Labute approximate surface area is 390 Å². The molecule has 0 bridgehead atoms. The summed E-state index contributed by atoms with van der Waals surface area (Å²) in [6.07, 6.45) is 0. The number of nitrogen functional groups attached to an aromatic ring is 1. The van der Waals surface area contributed by atoms with Gasteiger partial charge in [-0.1, -0.05) is 47.9 Å². The molecule has 6 rings (SSSR count). The topological polar surface area (TPSA) is 295 Å². The molecule has 0 aromatic heterocycles. The fourth-order valence-electron chi connectivity index (χ4n) is 5.03. The number of carboxylic acids is 1. The van der Waals surface area contributed by atoms with E-state index < -0.39 is 53.1 Å². The van der Waals surface area contributed by atoms with E-state index in [0.29, 0.717) is 11.4 Å². The molecule has 57 heavy (non-hydrogen) atoms. The summed E-state index contributed by atoms with van der Waals surface area (Å²) in [6.45, 7) is 0. The SMILES string of the molecule is Nc1c(N=Nc2ccc(S(=O)(=O)O)cc2)cc(S(=O)(=O)O)c2ccc(N=Nc3ccc(-c4ccc(N=Nc5ccc([O-])c(C(=O)[O-])c5)cc4)cc3)c([O-])c12.[Na+].[Na+].[Na+]. The minimum Gasteiger partial charge on any atom is -0.872 e. The van der Waals surface area contributed by atoms with Crippen LogP contribution in [0, 0.1) is 0 Å². The van der Waals surface area contributed by atoms with Gasteiger partial charge in [0.15, 0.2) is 0 Å². The smallest absolute Gasteiger partial charge is 0.872 e. The van der Waals surface area contributed by atoms with Crippen molar-refractivity contribution in [2.45, 2.75) is 9.79 Å². The van der Waals surface area contributed by atoms with Crippen LogP contribution in [0.1, 0.15) is 10.4 Å². The summed E-state index contributed by atoms with van der Waals surface area (Å²) in [5.74, 6) is -3.12. The predicted octanol–water partition coefficient (Wildman–Crippen LogP) is -2.65. The van der Waals surface area contributed by atoms with Crippen LogP contribution < -0.4 is 110 Å². The molecule has 6 aromatic rings. The van der Waals surface area contributed by atoms with Crippen molar-refractivity contribution < 1.29 is 135 Å². The molecule has 0 aliphatic rings. The van der Waals surface area contributed by atoms with Crippen molar-refractivity contribution in [1.82, 2.24) is 0 Å². The molecule has 17 nitrogen and oxygen atoms in total. The van der Waals surface area contributed by atoms with Gasteiger partial charge in [0.2, 0.25) is 0 Å². The summed E-state index contributed by atoms with van der Waals surface area (Å²) in [5, 5.41) is 59.7. The monoisotopic (exact) mass is 833 g/mol. The first-order chi connectivity index (χ1) is 25.6. The van der Waals surface area contributed by atoms with E-state index in [1.54, 1.807) is 48.5 Å². The maximum absolute atomic E-state index is 13.5. The van der Waals surface area contributed by atoms with E-state index >= 15 is 0 Å². The molecule has 0 amide bonds. The molecule has 0 atom stereocenters. The van der Waals surface area contributed by atoms with E-state index in [4.69, 9.17) is 10.3 Å². The van der Waals surface area contributed by atoms with Gasteiger partial charge in [-0.25, -0.2) is 0 Å². The number of anilines is 1. The Balaban J connectivity index is 0.00000290. The second-order valence-corrected chi connectivity index (χ2v) is 14.1. The molecule has 4 N–H and O–H groups in total. The molecule has 0 heterocycles. The molecule has 0 aliphatic carbocycles. The van der Waals surface area contributed by atoms with Crippen LogP contribution in [0.4, 0.5) is 39.8 Å². The molecule has 0 radical (unpaired) electrons. The van der Waals surface area contributed by atoms with Crippen molar-refractivity contribution in [2.24, 2.45) is 30.7 Å². The van der Waals surface area contributed by atoms with Crippen LogP contribution >= 0.6 is 0 Å². The van der Waals surface area contributed by atoms with Gasteiger partial charge >= 0.3 is 88.7 Å². The van der Waals surface area contributed by atoms with Crippen LogP contribution in [-0.2, 0) is 20.2 Å². The summed E-state index contributed by atoms with van der Waals surface area (Å²) in [5.41, 5.74) is 7.61. The van der Waals surface area contributed by atoms with Gasteiger partial charge in [-0.2, -0.15) is 42.4 Å². The quantitative estimate of drug-likeness (QED) is 0.0554. The maximum atomic E-state index is 13.5. The van der Waals surface area contributed by atoms with E-state index in [1.165, 1.54) is 30.3 Å². The average Bonchev–Trinajstić information content (AvgIpc) is 3.13. The fourth-order valence-corrected chi connectivity index (χ4v) is 6.22. The van der Waals surface area contributed by atoms with E-state index in [0.717, 1.165) is 41.5 Å². The Morgan fingerprint density at radius 2 is 1.02 bits per heavy atom. The van der Waals surface area contributed by atoms with Gasteiger partial charge < -0.3 is 25.8 Å². The zero-order chi connectivity index (χ0) is 38.8. The van der Waals surface area contributed by atoms with Crippen LogP contribution in [0.25, 0.3) is 21.9 Å². The summed E-state index contributed by atoms with van der Waals surface area (Å²) in [7, 11) is -9.35. The Morgan fingerprint density at radius 1 is 0.561 bits per heavy atom. The number of carbonyl (C=O) groups is 1. The number of fused-ring (bicyclic) bond motifs is 1. The Hall–Kier alpha value is -3.93. The minimum atomic E-state index is -4.89. The molecule has 0 saturated heterocycles. The number of nitrogens with two attached hydrogens (primary N) is 1. The van der Waals surface area contributed by atoms with Crippen LogP contribution in [0.2, 0.25) is 0 Å². The molecule has 6 aromatic carbocycles. The van der Waals surface area contributed by atoms with Gasteiger partial charge in [0.25, 0.3) is 20.2 Å². The van der Waals surface area contributed by atoms with Gasteiger partial charge in [-0.05, 0) is 89.5 Å². The van der Waals surface area contributed by atoms with Crippen molar-refractivity contribution in [3.05, 3.63) is 115 Å². The second kappa shape index (κ2) is 19.7. The van der Waals surface area contributed by atoms with Crippen LogP contribution in [0.3, 0.4) is 0 Å². The van der Waals surface area contributed by atoms with E-state index in [-0.39, 0.29) is 128 Å². The molecule has 0 spiro atoms. The number of benzene rings is 6. The van der Waals surface area contributed by atoms with Gasteiger partial charge in [0.1, 0.15) is 10.6 Å². The summed E-state index contributed by atoms with van der Waals surface area (Å²) >= 11 is 0. The third kappa shape index (κ3) is 11.4. The van der Waals surface area contributed by atoms with Crippen molar-refractivity contribution in [3.8, 4) is 22.6 Å². The third-order valence-corrected chi connectivity index (χ3v) is 9.47.